The molecule has 1 amide bonds. The topological polar surface area (TPSA) is 64.3 Å². The monoisotopic (exact) mass is 208 g/mol. The standard InChI is InChI=1S/C11H16N2O2/c1-8(2)7-15-10-6-4-3-5-9(10)11(14)13-12/h3-6,8H,7,12H2,1-2H3,(H,13,14). The van der Waals surface area contributed by atoms with Gasteiger partial charge < -0.3 is 4.74 Å². The number of ether oxygens (including phenoxy) is 1. The summed E-state index contributed by atoms with van der Waals surface area (Å²) in [4.78, 5) is 11.4. The van der Waals surface area contributed by atoms with Gasteiger partial charge in [0.2, 0.25) is 0 Å². The summed E-state index contributed by atoms with van der Waals surface area (Å²) in [6.45, 7) is 4.67. The first-order chi connectivity index (χ1) is 7.15. The molecule has 0 aliphatic carbocycles. The maximum Gasteiger partial charge on any atom is 0.268 e. The third-order valence-corrected chi connectivity index (χ3v) is 1.83. The quantitative estimate of drug-likeness (QED) is 0.445. The molecule has 1 aromatic rings. The van der Waals surface area contributed by atoms with Crippen LogP contribution in [0.15, 0.2) is 24.3 Å². The average molecular weight is 208 g/mol. The lowest BCUT2D eigenvalue weighted by atomic mass is 10.2. The molecule has 0 aliphatic rings. The summed E-state index contributed by atoms with van der Waals surface area (Å²) in [6, 6.07) is 7.03. The summed E-state index contributed by atoms with van der Waals surface area (Å²) in [5.41, 5.74) is 2.55. The Balaban J connectivity index is 2.81. The molecule has 0 aliphatic heterocycles. The first kappa shape index (κ1) is 11.5. The van der Waals surface area contributed by atoms with Crippen molar-refractivity contribution >= 4 is 5.91 Å². The minimum atomic E-state index is -0.339. The van der Waals surface area contributed by atoms with E-state index in [0.717, 1.165) is 0 Å². The lowest BCUT2D eigenvalue weighted by Gasteiger charge is -2.11. The zero-order chi connectivity index (χ0) is 11.3. The van der Waals surface area contributed by atoms with Crippen LogP contribution in [-0.2, 0) is 0 Å². The van der Waals surface area contributed by atoms with Gasteiger partial charge in [-0.2, -0.15) is 0 Å². The molecule has 1 aromatic carbocycles. The molecule has 1 rings (SSSR count). The number of nitrogen functional groups attached to an aromatic ring is 1. The molecule has 0 bridgehead atoms. The molecule has 0 atom stereocenters. The van der Waals surface area contributed by atoms with Crippen molar-refractivity contribution < 1.29 is 9.53 Å². The summed E-state index contributed by atoms with van der Waals surface area (Å²) in [5.74, 6) is 5.72. The Morgan fingerprint density at radius 1 is 1.47 bits per heavy atom. The Morgan fingerprint density at radius 3 is 2.73 bits per heavy atom. The number of hydrazine groups is 1. The Kier molecular flexibility index (Phi) is 4.12. The zero-order valence-corrected chi connectivity index (χ0v) is 8.99. The van der Waals surface area contributed by atoms with Crippen molar-refractivity contribution in [2.24, 2.45) is 11.8 Å². The highest BCUT2D eigenvalue weighted by atomic mass is 16.5. The lowest BCUT2D eigenvalue weighted by Crippen LogP contribution is -2.30. The van der Waals surface area contributed by atoms with Crippen LogP contribution in [0.5, 0.6) is 5.75 Å². The smallest absolute Gasteiger partial charge is 0.268 e. The van der Waals surface area contributed by atoms with Gasteiger partial charge in [0, 0.05) is 0 Å². The number of para-hydroxylation sites is 1. The summed E-state index contributed by atoms with van der Waals surface area (Å²) < 4.78 is 5.51. The van der Waals surface area contributed by atoms with Crippen LogP contribution >= 0.6 is 0 Å². The number of nitrogens with two attached hydrogens (primary N) is 1. The van der Waals surface area contributed by atoms with Crippen LogP contribution in [0, 0.1) is 5.92 Å². The molecule has 82 valence electrons. The van der Waals surface area contributed by atoms with E-state index in [9.17, 15) is 4.79 Å². The summed E-state index contributed by atoms with van der Waals surface area (Å²) in [6.07, 6.45) is 0. The van der Waals surface area contributed by atoms with E-state index in [-0.39, 0.29) is 5.91 Å². The molecule has 0 radical (unpaired) electrons. The van der Waals surface area contributed by atoms with E-state index in [4.69, 9.17) is 10.6 Å². The molecule has 0 saturated heterocycles. The van der Waals surface area contributed by atoms with Crippen LogP contribution in [0.4, 0.5) is 0 Å². The maximum absolute atomic E-state index is 11.4. The second kappa shape index (κ2) is 5.36. The number of nitrogens with one attached hydrogen (secondary N) is 1. The molecule has 0 fully saturated rings. The molecule has 0 unspecified atom stereocenters. The maximum atomic E-state index is 11.4. The molecule has 0 saturated carbocycles. The Bertz CT molecular complexity index is 337. The predicted octanol–water partition coefficient (Wildman–Crippen LogP) is 1.32. The van der Waals surface area contributed by atoms with E-state index in [1.54, 1.807) is 18.2 Å². The number of hydrogen-bond donors (Lipinski definition) is 2. The summed E-state index contributed by atoms with van der Waals surface area (Å²) >= 11 is 0. The lowest BCUT2D eigenvalue weighted by molar-refractivity contribution is 0.0949. The van der Waals surface area contributed by atoms with Gasteiger partial charge in [-0.25, -0.2) is 5.84 Å². The van der Waals surface area contributed by atoms with E-state index in [1.807, 2.05) is 19.9 Å². The zero-order valence-electron chi connectivity index (χ0n) is 8.99. The number of amides is 1. The first-order valence-corrected chi connectivity index (χ1v) is 4.88. The summed E-state index contributed by atoms with van der Waals surface area (Å²) in [5, 5.41) is 0. The van der Waals surface area contributed by atoms with Gasteiger partial charge in [0.1, 0.15) is 5.75 Å². The van der Waals surface area contributed by atoms with Crippen molar-refractivity contribution in [1.82, 2.24) is 5.43 Å². The van der Waals surface area contributed by atoms with Gasteiger partial charge in [-0.3, -0.25) is 10.2 Å². The van der Waals surface area contributed by atoms with Gasteiger partial charge in [0.05, 0.1) is 12.2 Å². The van der Waals surface area contributed by atoms with Crippen LogP contribution in [-0.4, -0.2) is 12.5 Å². The summed E-state index contributed by atoms with van der Waals surface area (Å²) in [7, 11) is 0. The number of carbonyl (C=O) groups excluding carboxylic acids is 1. The largest absolute Gasteiger partial charge is 0.492 e. The fraction of sp³-hybridized carbons (Fsp3) is 0.364. The normalized spacial score (nSPS) is 10.1. The van der Waals surface area contributed by atoms with Gasteiger partial charge in [0.25, 0.3) is 5.91 Å². The molecule has 0 aromatic heterocycles. The SMILES string of the molecule is CC(C)COc1ccccc1C(=O)NN. The molecular formula is C11H16N2O2. The molecule has 3 N–H and O–H groups in total. The minimum Gasteiger partial charge on any atom is -0.492 e. The second-order valence-electron chi connectivity index (χ2n) is 3.67. The second-order valence-corrected chi connectivity index (χ2v) is 3.67. The fourth-order valence-corrected chi connectivity index (χ4v) is 1.11. The number of rotatable bonds is 4. The van der Waals surface area contributed by atoms with Crippen LogP contribution in [0.1, 0.15) is 24.2 Å². The highest BCUT2D eigenvalue weighted by Crippen LogP contribution is 2.18. The molecule has 4 heteroatoms. The first-order valence-electron chi connectivity index (χ1n) is 4.88. The number of hydrogen-bond acceptors (Lipinski definition) is 3. The van der Waals surface area contributed by atoms with Crippen molar-refractivity contribution in [3.8, 4) is 5.75 Å². The van der Waals surface area contributed by atoms with Gasteiger partial charge in [-0.05, 0) is 18.1 Å². The molecule has 0 heterocycles. The van der Waals surface area contributed by atoms with E-state index < -0.39 is 0 Å². The molecule has 0 spiro atoms. The highest BCUT2D eigenvalue weighted by Gasteiger charge is 2.10. The van der Waals surface area contributed by atoms with Crippen molar-refractivity contribution in [2.75, 3.05) is 6.61 Å². The van der Waals surface area contributed by atoms with E-state index >= 15 is 0 Å². The third kappa shape index (κ3) is 3.25. The van der Waals surface area contributed by atoms with Crippen LogP contribution in [0.2, 0.25) is 0 Å². The van der Waals surface area contributed by atoms with Crippen molar-refractivity contribution in [1.29, 1.82) is 0 Å². The van der Waals surface area contributed by atoms with E-state index in [2.05, 4.69) is 5.43 Å². The third-order valence-electron chi connectivity index (χ3n) is 1.83. The molecular weight excluding hydrogens is 192 g/mol. The van der Waals surface area contributed by atoms with Crippen molar-refractivity contribution in [3.63, 3.8) is 0 Å². The minimum absolute atomic E-state index is 0.339. The number of carbonyl (C=O) groups is 1. The number of benzene rings is 1. The van der Waals surface area contributed by atoms with Gasteiger partial charge >= 0.3 is 0 Å². The average Bonchev–Trinajstić information content (AvgIpc) is 2.25. The van der Waals surface area contributed by atoms with E-state index in [1.165, 1.54) is 0 Å². The highest BCUT2D eigenvalue weighted by molar-refractivity contribution is 5.96. The van der Waals surface area contributed by atoms with Crippen LogP contribution in [0.25, 0.3) is 0 Å². The molecule has 4 nitrogen and oxygen atoms in total. The van der Waals surface area contributed by atoms with E-state index in [0.29, 0.717) is 23.8 Å². The van der Waals surface area contributed by atoms with Gasteiger partial charge in [0.15, 0.2) is 0 Å². The van der Waals surface area contributed by atoms with Gasteiger partial charge in [-0.15, -0.1) is 0 Å². The van der Waals surface area contributed by atoms with Crippen LogP contribution < -0.4 is 16.0 Å². The Morgan fingerprint density at radius 2 is 2.13 bits per heavy atom. The Hall–Kier alpha value is -1.55. The fourth-order valence-electron chi connectivity index (χ4n) is 1.11. The van der Waals surface area contributed by atoms with Crippen molar-refractivity contribution in [2.45, 2.75) is 13.8 Å². The van der Waals surface area contributed by atoms with Crippen LogP contribution in [0.3, 0.4) is 0 Å². The van der Waals surface area contributed by atoms with Crippen molar-refractivity contribution in [3.05, 3.63) is 29.8 Å². The molecule has 15 heavy (non-hydrogen) atoms. The Labute approximate surface area is 89.4 Å². The predicted molar refractivity (Wildman–Crippen MR) is 58.4 cm³/mol. The van der Waals surface area contributed by atoms with Gasteiger partial charge in [-0.1, -0.05) is 26.0 Å².